The summed E-state index contributed by atoms with van der Waals surface area (Å²) < 4.78 is 5.24. The van der Waals surface area contributed by atoms with E-state index in [4.69, 9.17) is 4.74 Å². The topological polar surface area (TPSA) is 103 Å². The van der Waals surface area contributed by atoms with E-state index in [9.17, 15) is 14.7 Å². The minimum absolute atomic E-state index is 0.187. The lowest BCUT2D eigenvalue weighted by Gasteiger charge is -2.31. The lowest BCUT2D eigenvalue weighted by molar-refractivity contribution is -0.114. The Balaban J connectivity index is 1.84. The number of hydrogen-bond donors (Lipinski definition) is 4. The van der Waals surface area contributed by atoms with Crippen LogP contribution in [0.4, 0.5) is 16.2 Å². The van der Waals surface area contributed by atoms with Crippen molar-refractivity contribution >= 4 is 23.3 Å². The van der Waals surface area contributed by atoms with Gasteiger partial charge in [0, 0.05) is 38.9 Å². The van der Waals surface area contributed by atoms with Crippen LogP contribution < -0.4 is 20.7 Å². The molecule has 0 aromatic heterocycles. The third kappa shape index (κ3) is 6.20. The van der Waals surface area contributed by atoms with Crippen molar-refractivity contribution in [3.8, 4) is 5.75 Å². The van der Waals surface area contributed by atoms with Gasteiger partial charge in [0.05, 0.1) is 12.8 Å². The molecule has 1 unspecified atom stereocenters. The van der Waals surface area contributed by atoms with E-state index >= 15 is 0 Å². The van der Waals surface area contributed by atoms with Crippen LogP contribution >= 0.6 is 0 Å². The molecule has 4 N–H and O–H groups in total. The molecule has 8 nitrogen and oxygen atoms in total. The Labute approximate surface area is 153 Å². The van der Waals surface area contributed by atoms with E-state index in [0.717, 1.165) is 32.5 Å². The van der Waals surface area contributed by atoms with Crippen molar-refractivity contribution in [1.29, 1.82) is 0 Å². The molecule has 0 aliphatic carbocycles. The summed E-state index contributed by atoms with van der Waals surface area (Å²) in [6.45, 7) is 4.75. The number of nitrogens with one attached hydrogen (secondary N) is 3. The Morgan fingerprint density at radius 2 is 2.15 bits per heavy atom. The zero-order valence-electron chi connectivity index (χ0n) is 15.4. The molecule has 1 aliphatic heterocycles. The van der Waals surface area contributed by atoms with E-state index in [1.807, 2.05) is 0 Å². The minimum Gasteiger partial charge on any atom is -0.495 e. The third-order valence-corrected chi connectivity index (χ3v) is 4.34. The number of aliphatic hydroxyl groups is 1. The number of piperidine rings is 1. The van der Waals surface area contributed by atoms with Crippen LogP contribution in [0.1, 0.15) is 19.8 Å². The van der Waals surface area contributed by atoms with Crippen LogP contribution in [0.5, 0.6) is 5.75 Å². The highest BCUT2D eigenvalue weighted by atomic mass is 16.5. The lowest BCUT2D eigenvalue weighted by Crippen LogP contribution is -2.42. The van der Waals surface area contributed by atoms with E-state index in [0.29, 0.717) is 29.6 Å². The first kappa shape index (κ1) is 20.0. The zero-order chi connectivity index (χ0) is 18.9. The Morgan fingerprint density at radius 1 is 1.35 bits per heavy atom. The van der Waals surface area contributed by atoms with Crippen molar-refractivity contribution < 1.29 is 19.4 Å². The number of amides is 3. The van der Waals surface area contributed by atoms with Crippen LogP contribution in [0.15, 0.2) is 18.2 Å². The Bertz CT molecular complexity index is 623. The minimum atomic E-state index is -0.334. The average molecular weight is 364 g/mol. The molecule has 0 spiro atoms. The monoisotopic (exact) mass is 364 g/mol. The summed E-state index contributed by atoms with van der Waals surface area (Å²) in [5.74, 6) is 0.655. The third-order valence-electron chi connectivity index (χ3n) is 4.34. The molecule has 1 aromatic carbocycles. The highest BCUT2D eigenvalue weighted by Crippen LogP contribution is 2.27. The molecule has 0 bridgehead atoms. The molecule has 1 atom stereocenters. The largest absolute Gasteiger partial charge is 0.495 e. The molecule has 1 heterocycles. The predicted molar refractivity (Wildman–Crippen MR) is 101 cm³/mol. The van der Waals surface area contributed by atoms with Gasteiger partial charge in [-0.05, 0) is 43.5 Å². The predicted octanol–water partition coefficient (Wildman–Crippen LogP) is 1.48. The first-order chi connectivity index (χ1) is 12.5. The summed E-state index contributed by atoms with van der Waals surface area (Å²) in [4.78, 5) is 25.6. The molecule has 144 valence electrons. The molecule has 3 amide bonds. The van der Waals surface area contributed by atoms with Crippen molar-refractivity contribution in [3.63, 3.8) is 0 Å². The molecule has 1 aliphatic rings. The molecular formula is C18H28N4O4. The molecule has 1 saturated heterocycles. The van der Waals surface area contributed by atoms with Crippen LogP contribution in [0.25, 0.3) is 0 Å². The van der Waals surface area contributed by atoms with Gasteiger partial charge in [-0.15, -0.1) is 0 Å². The van der Waals surface area contributed by atoms with Crippen LogP contribution in [0.2, 0.25) is 0 Å². The maximum Gasteiger partial charge on any atom is 0.319 e. The van der Waals surface area contributed by atoms with Crippen LogP contribution in [-0.4, -0.2) is 61.8 Å². The summed E-state index contributed by atoms with van der Waals surface area (Å²) in [6, 6.07) is 4.70. The molecule has 8 heteroatoms. The molecular weight excluding hydrogens is 336 g/mol. The zero-order valence-corrected chi connectivity index (χ0v) is 15.4. The van der Waals surface area contributed by atoms with E-state index in [2.05, 4.69) is 20.9 Å². The van der Waals surface area contributed by atoms with Crippen molar-refractivity contribution in [2.24, 2.45) is 5.92 Å². The second kappa shape index (κ2) is 9.98. The molecule has 2 rings (SSSR count). The summed E-state index contributed by atoms with van der Waals surface area (Å²) in [7, 11) is 1.52. The highest BCUT2D eigenvalue weighted by Gasteiger charge is 2.18. The van der Waals surface area contributed by atoms with E-state index in [-0.39, 0.29) is 18.5 Å². The summed E-state index contributed by atoms with van der Waals surface area (Å²) >= 11 is 0. The maximum absolute atomic E-state index is 12.2. The normalized spacial score (nSPS) is 17.4. The number of methoxy groups -OCH3 is 1. The van der Waals surface area contributed by atoms with Gasteiger partial charge in [-0.2, -0.15) is 0 Å². The van der Waals surface area contributed by atoms with Gasteiger partial charge < -0.3 is 30.7 Å². The number of anilines is 2. The van der Waals surface area contributed by atoms with Crippen molar-refractivity contribution in [1.82, 2.24) is 10.2 Å². The average Bonchev–Trinajstić information content (AvgIpc) is 2.61. The number of nitrogens with zero attached hydrogens (tertiary/aromatic N) is 1. The van der Waals surface area contributed by atoms with E-state index in [1.54, 1.807) is 18.2 Å². The van der Waals surface area contributed by atoms with Gasteiger partial charge in [0.2, 0.25) is 5.91 Å². The van der Waals surface area contributed by atoms with Crippen molar-refractivity contribution in [2.45, 2.75) is 19.8 Å². The van der Waals surface area contributed by atoms with Gasteiger partial charge in [-0.1, -0.05) is 0 Å². The van der Waals surface area contributed by atoms with Crippen LogP contribution in [0.3, 0.4) is 0 Å². The second-order valence-electron chi connectivity index (χ2n) is 6.47. The number of hydrogen-bond acceptors (Lipinski definition) is 5. The second-order valence-corrected chi connectivity index (χ2v) is 6.47. The van der Waals surface area contributed by atoms with Crippen molar-refractivity contribution in [3.05, 3.63) is 18.2 Å². The molecule has 0 radical (unpaired) electrons. The fourth-order valence-corrected chi connectivity index (χ4v) is 3.08. The summed E-state index contributed by atoms with van der Waals surface area (Å²) in [5, 5.41) is 17.5. The highest BCUT2D eigenvalue weighted by molar-refractivity contribution is 5.94. The summed E-state index contributed by atoms with van der Waals surface area (Å²) in [6.07, 6.45) is 2.13. The van der Waals surface area contributed by atoms with E-state index < -0.39 is 0 Å². The Kier molecular flexibility index (Phi) is 7.68. The van der Waals surface area contributed by atoms with Gasteiger partial charge in [-0.25, -0.2) is 4.79 Å². The number of carbonyl (C=O) groups excluding carboxylic acids is 2. The summed E-state index contributed by atoms with van der Waals surface area (Å²) in [5.41, 5.74) is 1.06. The van der Waals surface area contributed by atoms with Gasteiger partial charge in [0.25, 0.3) is 0 Å². The van der Waals surface area contributed by atoms with Gasteiger partial charge in [0.1, 0.15) is 5.75 Å². The Morgan fingerprint density at radius 3 is 2.85 bits per heavy atom. The van der Waals surface area contributed by atoms with Crippen LogP contribution in [0, 0.1) is 5.92 Å². The Hall–Kier alpha value is -2.32. The molecule has 1 aromatic rings. The molecule has 0 saturated carbocycles. The van der Waals surface area contributed by atoms with Gasteiger partial charge in [-0.3, -0.25) is 4.79 Å². The molecule has 1 fully saturated rings. The molecule has 26 heavy (non-hydrogen) atoms. The number of urea groups is 1. The smallest absolute Gasteiger partial charge is 0.319 e. The first-order valence-electron chi connectivity index (χ1n) is 8.85. The fourth-order valence-electron chi connectivity index (χ4n) is 3.08. The SMILES string of the molecule is COc1ccc(NC(C)=O)cc1NC(=O)NCCN1CCCC(CO)C1. The number of carbonyl (C=O) groups is 2. The number of benzene rings is 1. The fraction of sp³-hybridized carbons (Fsp3) is 0.556. The quantitative estimate of drug-likeness (QED) is 0.587. The number of aliphatic hydroxyl groups excluding tert-OH is 1. The van der Waals surface area contributed by atoms with E-state index in [1.165, 1.54) is 14.0 Å². The number of rotatable bonds is 7. The van der Waals surface area contributed by atoms with Crippen molar-refractivity contribution in [2.75, 3.05) is 50.5 Å². The van der Waals surface area contributed by atoms with Crippen LogP contribution in [-0.2, 0) is 4.79 Å². The van der Waals surface area contributed by atoms with Gasteiger partial charge >= 0.3 is 6.03 Å². The lowest BCUT2D eigenvalue weighted by atomic mass is 9.99. The maximum atomic E-state index is 12.2. The standard InChI is InChI=1S/C18H28N4O4/c1-13(24)20-15-5-6-17(26-2)16(10-15)21-18(25)19-7-9-22-8-3-4-14(11-22)12-23/h5-6,10,14,23H,3-4,7-9,11-12H2,1-2H3,(H,20,24)(H2,19,21,25). The number of likely N-dealkylation sites (tertiary alicyclic amines) is 1. The van der Waals surface area contributed by atoms with Gasteiger partial charge in [0.15, 0.2) is 0 Å². The first-order valence-corrected chi connectivity index (χ1v) is 8.85. The number of ether oxygens (including phenoxy) is 1.